The molecule has 5 heteroatoms. The predicted molar refractivity (Wildman–Crippen MR) is 75.0 cm³/mol. The van der Waals surface area contributed by atoms with Crippen molar-refractivity contribution in [3.8, 4) is 0 Å². The molecule has 0 fully saturated rings. The Hall–Kier alpha value is -2.24. The summed E-state index contributed by atoms with van der Waals surface area (Å²) in [7, 11) is 1.48. The fraction of sp³-hybridized carbons (Fsp3) is 0.200. The van der Waals surface area contributed by atoms with Crippen molar-refractivity contribution in [2.75, 3.05) is 12.4 Å². The van der Waals surface area contributed by atoms with Crippen LogP contribution in [0.3, 0.4) is 0 Å². The molecule has 0 aliphatic heterocycles. The Morgan fingerprint density at radius 2 is 2.10 bits per heavy atom. The van der Waals surface area contributed by atoms with Crippen LogP contribution in [-0.2, 0) is 16.1 Å². The van der Waals surface area contributed by atoms with Crippen molar-refractivity contribution in [3.05, 3.63) is 59.9 Å². The summed E-state index contributed by atoms with van der Waals surface area (Å²) in [6.45, 7) is -0.166. The number of carbonyl (C=O) groups excluding carboxylic acids is 1. The average Bonchev–Trinajstić information content (AvgIpc) is 2.49. The van der Waals surface area contributed by atoms with Crippen molar-refractivity contribution in [1.29, 1.82) is 0 Å². The summed E-state index contributed by atoms with van der Waals surface area (Å²) < 4.78 is 5.25. The van der Waals surface area contributed by atoms with Crippen LogP contribution in [0.1, 0.15) is 17.2 Å². The lowest BCUT2D eigenvalue weighted by Gasteiger charge is -2.16. The topological polar surface area (TPSA) is 71.5 Å². The molecule has 2 N–H and O–H groups in total. The van der Waals surface area contributed by atoms with Crippen LogP contribution in [0.15, 0.2) is 48.8 Å². The highest BCUT2D eigenvalue weighted by Gasteiger charge is 2.20. The summed E-state index contributed by atoms with van der Waals surface area (Å²) in [6.07, 6.45) is 2.36. The number of rotatable bonds is 5. The molecule has 1 unspecified atom stereocenters. The normalized spacial score (nSPS) is 11.9. The Labute approximate surface area is 117 Å². The summed E-state index contributed by atoms with van der Waals surface area (Å²) in [5.41, 5.74) is 1.86. The number of hydrogen-bond donors (Lipinski definition) is 2. The molecular formula is C15H16N2O3. The third-order valence-electron chi connectivity index (χ3n) is 2.92. The summed E-state index contributed by atoms with van der Waals surface area (Å²) >= 11 is 0. The Bertz CT molecular complexity index is 572. The number of nitrogens with zero attached hydrogens (tertiary/aromatic N) is 1. The van der Waals surface area contributed by atoms with Crippen LogP contribution in [0.4, 0.5) is 5.69 Å². The number of anilines is 1. The van der Waals surface area contributed by atoms with Crippen LogP contribution in [0.5, 0.6) is 0 Å². The van der Waals surface area contributed by atoms with E-state index >= 15 is 0 Å². The first kappa shape index (κ1) is 14.2. The number of benzene rings is 1. The molecular weight excluding hydrogens is 256 g/mol. The van der Waals surface area contributed by atoms with Gasteiger partial charge in [0, 0.05) is 18.9 Å². The second-order valence-corrected chi connectivity index (χ2v) is 4.21. The molecule has 1 heterocycles. The number of aliphatic hydroxyl groups excluding tert-OH is 1. The largest absolute Gasteiger partial charge is 0.392 e. The number of nitrogens with one attached hydrogen (secondary N) is 1. The quantitative estimate of drug-likeness (QED) is 0.872. The van der Waals surface area contributed by atoms with Crippen molar-refractivity contribution in [2.24, 2.45) is 0 Å². The van der Waals surface area contributed by atoms with Gasteiger partial charge in [-0.2, -0.15) is 0 Å². The maximum Gasteiger partial charge on any atom is 0.258 e. The fourth-order valence-corrected chi connectivity index (χ4v) is 1.89. The highest BCUT2D eigenvalue weighted by molar-refractivity contribution is 5.95. The van der Waals surface area contributed by atoms with Crippen molar-refractivity contribution >= 4 is 11.6 Å². The average molecular weight is 272 g/mol. The minimum atomic E-state index is -0.706. The molecule has 1 aromatic carbocycles. The molecule has 1 amide bonds. The van der Waals surface area contributed by atoms with Gasteiger partial charge in [0.25, 0.3) is 5.91 Å². The number of carbonyl (C=O) groups is 1. The molecule has 20 heavy (non-hydrogen) atoms. The first-order valence-electron chi connectivity index (χ1n) is 6.18. The number of amides is 1. The zero-order valence-electron chi connectivity index (χ0n) is 11.1. The van der Waals surface area contributed by atoms with Gasteiger partial charge in [-0.25, -0.2) is 0 Å². The molecule has 0 spiro atoms. The number of aromatic nitrogens is 1. The molecule has 0 radical (unpaired) electrons. The first-order chi connectivity index (χ1) is 9.76. The molecule has 0 aliphatic carbocycles. The van der Waals surface area contributed by atoms with Crippen molar-refractivity contribution < 1.29 is 14.6 Å². The summed E-state index contributed by atoms with van der Waals surface area (Å²) in [5, 5.41) is 12.0. The van der Waals surface area contributed by atoms with E-state index in [0.29, 0.717) is 11.3 Å². The Morgan fingerprint density at radius 1 is 1.35 bits per heavy atom. The zero-order valence-corrected chi connectivity index (χ0v) is 11.1. The van der Waals surface area contributed by atoms with E-state index in [-0.39, 0.29) is 12.5 Å². The van der Waals surface area contributed by atoms with Crippen LogP contribution in [0.25, 0.3) is 0 Å². The van der Waals surface area contributed by atoms with Gasteiger partial charge in [0.2, 0.25) is 0 Å². The van der Waals surface area contributed by atoms with Gasteiger partial charge < -0.3 is 15.2 Å². The number of pyridine rings is 1. The lowest BCUT2D eigenvalue weighted by molar-refractivity contribution is -0.126. The van der Waals surface area contributed by atoms with Gasteiger partial charge in [-0.05, 0) is 11.6 Å². The van der Waals surface area contributed by atoms with Crippen LogP contribution >= 0.6 is 0 Å². The first-order valence-corrected chi connectivity index (χ1v) is 6.18. The van der Waals surface area contributed by atoms with Crippen LogP contribution in [0.2, 0.25) is 0 Å². The van der Waals surface area contributed by atoms with E-state index in [0.717, 1.165) is 5.56 Å². The maximum atomic E-state index is 12.3. The van der Waals surface area contributed by atoms with E-state index in [2.05, 4.69) is 10.3 Å². The van der Waals surface area contributed by atoms with Crippen LogP contribution < -0.4 is 5.32 Å². The smallest absolute Gasteiger partial charge is 0.258 e. The van der Waals surface area contributed by atoms with Crippen LogP contribution in [0, 0.1) is 0 Å². The lowest BCUT2D eigenvalue weighted by Crippen LogP contribution is -2.23. The number of hydrogen-bond acceptors (Lipinski definition) is 4. The SMILES string of the molecule is COC(C(=O)Nc1cnccc1CO)c1ccccc1. The van der Waals surface area contributed by atoms with E-state index in [1.165, 1.54) is 13.3 Å². The Morgan fingerprint density at radius 3 is 2.75 bits per heavy atom. The number of aliphatic hydroxyl groups is 1. The summed E-state index contributed by atoms with van der Waals surface area (Å²) in [4.78, 5) is 16.2. The van der Waals surface area contributed by atoms with Crippen molar-refractivity contribution in [2.45, 2.75) is 12.7 Å². The van der Waals surface area contributed by atoms with Gasteiger partial charge in [-0.3, -0.25) is 9.78 Å². The molecule has 104 valence electrons. The Kier molecular flexibility index (Phi) is 4.81. The highest BCUT2D eigenvalue weighted by atomic mass is 16.5. The zero-order chi connectivity index (χ0) is 14.4. The third kappa shape index (κ3) is 3.20. The molecule has 2 rings (SSSR count). The predicted octanol–water partition coefficient (Wildman–Crippen LogP) is 1.90. The third-order valence-corrected chi connectivity index (χ3v) is 2.92. The van der Waals surface area contributed by atoms with E-state index in [1.54, 1.807) is 12.3 Å². The molecule has 0 saturated carbocycles. The molecule has 0 saturated heterocycles. The molecule has 1 atom stereocenters. The van der Waals surface area contributed by atoms with Gasteiger partial charge in [-0.1, -0.05) is 30.3 Å². The molecule has 1 aromatic heterocycles. The van der Waals surface area contributed by atoms with E-state index in [4.69, 9.17) is 4.74 Å². The minimum Gasteiger partial charge on any atom is -0.392 e. The van der Waals surface area contributed by atoms with Gasteiger partial charge >= 0.3 is 0 Å². The second kappa shape index (κ2) is 6.79. The number of ether oxygens (including phenoxy) is 1. The van der Waals surface area contributed by atoms with Gasteiger partial charge in [0.15, 0.2) is 6.10 Å². The molecule has 0 aliphatic rings. The van der Waals surface area contributed by atoms with E-state index in [9.17, 15) is 9.90 Å². The fourth-order valence-electron chi connectivity index (χ4n) is 1.89. The van der Waals surface area contributed by atoms with Gasteiger partial charge in [0.1, 0.15) is 0 Å². The van der Waals surface area contributed by atoms with Gasteiger partial charge in [-0.15, -0.1) is 0 Å². The van der Waals surface area contributed by atoms with E-state index in [1.807, 2.05) is 30.3 Å². The summed E-state index contributed by atoms with van der Waals surface area (Å²) in [6, 6.07) is 10.9. The van der Waals surface area contributed by atoms with E-state index < -0.39 is 6.10 Å². The monoisotopic (exact) mass is 272 g/mol. The van der Waals surface area contributed by atoms with Gasteiger partial charge in [0.05, 0.1) is 18.5 Å². The molecule has 5 nitrogen and oxygen atoms in total. The minimum absolute atomic E-state index is 0.166. The van der Waals surface area contributed by atoms with Crippen LogP contribution in [-0.4, -0.2) is 23.1 Å². The lowest BCUT2D eigenvalue weighted by atomic mass is 10.1. The summed E-state index contributed by atoms with van der Waals surface area (Å²) in [5.74, 6) is -0.304. The molecule has 2 aromatic rings. The van der Waals surface area contributed by atoms with Crippen molar-refractivity contribution in [3.63, 3.8) is 0 Å². The Balaban J connectivity index is 2.18. The number of methoxy groups -OCH3 is 1. The standard InChI is InChI=1S/C15H16N2O3/c1-20-14(11-5-3-2-4-6-11)15(19)17-13-9-16-8-7-12(13)10-18/h2-9,14,18H,10H2,1H3,(H,17,19). The molecule has 0 bridgehead atoms. The second-order valence-electron chi connectivity index (χ2n) is 4.21. The maximum absolute atomic E-state index is 12.3. The highest BCUT2D eigenvalue weighted by Crippen LogP contribution is 2.20. The van der Waals surface area contributed by atoms with Crippen molar-refractivity contribution in [1.82, 2.24) is 4.98 Å².